The first-order valence-corrected chi connectivity index (χ1v) is 19.2. The molecule has 274 valence electrons. The number of phenolic OH excluding ortho intramolecular Hbond substituents is 1. The van der Waals surface area contributed by atoms with Gasteiger partial charge in [-0.25, -0.2) is 4.98 Å². The number of phenols is 1. The minimum atomic E-state index is -0.0795. The van der Waals surface area contributed by atoms with E-state index in [1.54, 1.807) is 12.4 Å². The van der Waals surface area contributed by atoms with E-state index in [0.717, 1.165) is 83.3 Å². The Morgan fingerprint density at radius 3 is 1.91 bits per heavy atom. The normalized spacial score (nSPS) is 12.2. The minimum Gasteiger partial charge on any atom is -0.507 e. The summed E-state index contributed by atoms with van der Waals surface area (Å²) in [7, 11) is 0. The van der Waals surface area contributed by atoms with Gasteiger partial charge >= 0.3 is 0 Å². The molecule has 0 bridgehead atoms. The molecule has 56 heavy (non-hydrogen) atoms. The number of fused-ring (bicyclic) bond motifs is 3. The Hall–Kier alpha value is -6.59. The maximum absolute atomic E-state index is 11.5. The number of benzene rings is 7. The fraction of sp³-hybridized carbons (Fsp3) is 0.157. The Bertz CT molecular complexity index is 2950. The Labute approximate surface area is 328 Å². The van der Waals surface area contributed by atoms with Crippen LogP contribution < -0.4 is 0 Å². The molecule has 1 N–H and O–H groups in total. The van der Waals surface area contributed by atoms with Crippen molar-refractivity contribution < 1.29 is 5.11 Å². The van der Waals surface area contributed by atoms with Crippen LogP contribution in [0.1, 0.15) is 52.7 Å². The van der Waals surface area contributed by atoms with Crippen molar-refractivity contribution in [2.75, 3.05) is 0 Å². The number of imidazole rings is 1. The van der Waals surface area contributed by atoms with Gasteiger partial charge in [0.05, 0.1) is 27.8 Å². The van der Waals surface area contributed by atoms with Crippen molar-refractivity contribution >= 4 is 32.8 Å². The highest BCUT2D eigenvalue weighted by Crippen LogP contribution is 2.43. The number of aromatic hydroxyl groups is 1. The van der Waals surface area contributed by atoms with Crippen molar-refractivity contribution in [3.8, 4) is 56.2 Å². The fourth-order valence-corrected chi connectivity index (χ4v) is 7.80. The SMILES string of the molecule is CC(C)(C)c1ccc(-n2c(-c3cccc(-c4cc(C(C)(C)C)cc5nccnc45)c3)nc3c(-c4cc5ccccc5cc4O)cccc32)c(-c2ccccc2)c1. The van der Waals surface area contributed by atoms with Gasteiger partial charge < -0.3 is 5.11 Å². The van der Waals surface area contributed by atoms with Crippen LogP contribution in [-0.4, -0.2) is 24.6 Å². The molecule has 0 radical (unpaired) electrons. The van der Waals surface area contributed by atoms with Crippen LogP contribution in [0.2, 0.25) is 0 Å². The van der Waals surface area contributed by atoms with Gasteiger partial charge in [0.1, 0.15) is 11.6 Å². The zero-order valence-electron chi connectivity index (χ0n) is 32.7. The van der Waals surface area contributed by atoms with E-state index in [1.807, 2.05) is 24.3 Å². The van der Waals surface area contributed by atoms with Gasteiger partial charge in [-0.2, -0.15) is 0 Å². The quantitative estimate of drug-likeness (QED) is 0.192. The second kappa shape index (κ2) is 13.3. The molecule has 0 aliphatic carbocycles. The summed E-state index contributed by atoms with van der Waals surface area (Å²) in [5, 5.41) is 13.6. The Morgan fingerprint density at radius 2 is 1.14 bits per heavy atom. The van der Waals surface area contributed by atoms with E-state index in [4.69, 9.17) is 15.0 Å². The molecule has 2 heterocycles. The summed E-state index contributed by atoms with van der Waals surface area (Å²) < 4.78 is 2.30. The molecule has 7 aromatic carbocycles. The smallest absolute Gasteiger partial charge is 0.145 e. The average molecular weight is 729 g/mol. The van der Waals surface area contributed by atoms with Gasteiger partial charge in [0, 0.05) is 40.2 Å². The third-order valence-corrected chi connectivity index (χ3v) is 10.9. The third kappa shape index (κ3) is 6.19. The number of hydrogen-bond donors (Lipinski definition) is 1. The van der Waals surface area contributed by atoms with Crippen LogP contribution in [0.25, 0.3) is 83.3 Å². The van der Waals surface area contributed by atoms with Gasteiger partial charge in [0.2, 0.25) is 0 Å². The lowest BCUT2D eigenvalue weighted by Crippen LogP contribution is -2.12. The zero-order chi connectivity index (χ0) is 38.8. The van der Waals surface area contributed by atoms with E-state index < -0.39 is 0 Å². The zero-order valence-corrected chi connectivity index (χ0v) is 32.7. The minimum absolute atomic E-state index is 0.0513. The van der Waals surface area contributed by atoms with E-state index in [-0.39, 0.29) is 16.6 Å². The third-order valence-electron chi connectivity index (χ3n) is 10.9. The van der Waals surface area contributed by atoms with Crippen LogP contribution in [-0.2, 0) is 10.8 Å². The van der Waals surface area contributed by atoms with E-state index in [0.29, 0.717) is 0 Å². The van der Waals surface area contributed by atoms with Crippen LogP contribution >= 0.6 is 0 Å². The molecule has 5 heteroatoms. The van der Waals surface area contributed by atoms with Gasteiger partial charge in [0.25, 0.3) is 0 Å². The van der Waals surface area contributed by atoms with E-state index in [9.17, 15) is 5.11 Å². The first-order chi connectivity index (χ1) is 26.9. The van der Waals surface area contributed by atoms with Crippen LogP contribution in [0.4, 0.5) is 0 Å². The lowest BCUT2D eigenvalue weighted by atomic mass is 9.84. The molecule has 9 aromatic rings. The fourth-order valence-electron chi connectivity index (χ4n) is 7.80. The maximum atomic E-state index is 11.5. The summed E-state index contributed by atoms with van der Waals surface area (Å²) in [6.45, 7) is 13.5. The van der Waals surface area contributed by atoms with Gasteiger partial charge in [0.15, 0.2) is 0 Å². The van der Waals surface area contributed by atoms with Crippen LogP contribution in [0, 0.1) is 0 Å². The molecule has 0 fully saturated rings. The summed E-state index contributed by atoms with van der Waals surface area (Å²) >= 11 is 0. The predicted octanol–water partition coefficient (Wildman–Crippen LogP) is 13.1. The number of aromatic nitrogens is 4. The molecule has 0 saturated heterocycles. The molecule has 5 nitrogen and oxygen atoms in total. The Balaban J connectivity index is 1.35. The topological polar surface area (TPSA) is 63.8 Å². The largest absolute Gasteiger partial charge is 0.507 e. The monoisotopic (exact) mass is 728 g/mol. The lowest BCUT2D eigenvalue weighted by Gasteiger charge is -2.23. The molecule has 2 aromatic heterocycles. The van der Waals surface area contributed by atoms with Gasteiger partial charge in [-0.05, 0) is 92.4 Å². The van der Waals surface area contributed by atoms with Crippen molar-refractivity contribution in [2.45, 2.75) is 52.4 Å². The summed E-state index contributed by atoms with van der Waals surface area (Å²) in [5.74, 6) is 1.03. The number of nitrogens with zero attached hydrogens (tertiary/aromatic N) is 4. The van der Waals surface area contributed by atoms with E-state index in [1.165, 1.54) is 11.1 Å². The van der Waals surface area contributed by atoms with Gasteiger partial charge in [-0.15, -0.1) is 0 Å². The Kier molecular flexibility index (Phi) is 8.35. The standard InChI is InChI=1S/C51H44N4O/c1-50(2,3)37-22-23-44(40(29-37)32-14-8-7-9-15-32)55-45-21-13-20-39(42-27-33-16-10-11-17-34(33)28-46(42)56)48(45)54-49(55)36-19-12-18-35(26-36)41-30-38(51(4,5)6)31-43-47(41)53-25-24-52-43/h7-31,56H,1-6H3. The maximum Gasteiger partial charge on any atom is 0.145 e. The lowest BCUT2D eigenvalue weighted by molar-refractivity contribution is 0.478. The van der Waals surface area contributed by atoms with Crippen LogP contribution in [0.5, 0.6) is 5.75 Å². The summed E-state index contributed by atoms with van der Waals surface area (Å²) in [5.41, 5.74) is 13.7. The van der Waals surface area contributed by atoms with Crippen LogP contribution in [0.3, 0.4) is 0 Å². The van der Waals surface area contributed by atoms with Gasteiger partial charge in [-0.3, -0.25) is 14.5 Å². The van der Waals surface area contributed by atoms with E-state index in [2.05, 4.69) is 161 Å². The number of hydrogen-bond acceptors (Lipinski definition) is 4. The molecular formula is C51H44N4O. The molecule has 0 unspecified atom stereocenters. The second-order valence-electron chi connectivity index (χ2n) is 16.8. The molecule has 0 amide bonds. The summed E-state index contributed by atoms with van der Waals surface area (Å²) in [4.78, 5) is 15.1. The highest BCUT2D eigenvalue weighted by molar-refractivity contribution is 6.01. The first kappa shape index (κ1) is 35.1. The molecule has 0 aliphatic heterocycles. The highest BCUT2D eigenvalue weighted by atomic mass is 16.3. The van der Waals surface area contributed by atoms with Crippen molar-refractivity contribution in [1.82, 2.24) is 19.5 Å². The van der Waals surface area contributed by atoms with Gasteiger partial charge in [-0.1, -0.05) is 133 Å². The summed E-state index contributed by atoms with van der Waals surface area (Å²) in [6, 6.07) is 48.8. The molecule has 0 saturated carbocycles. The molecule has 0 atom stereocenters. The first-order valence-electron chi connectivity index (χ1n) is 19.2. The Morgan fingerprint density at radius 1 is 0.482 bits per heavy atom. The molecule has 0 spiro atoms. The average Bonchev–Trinajstić information content (AvgIpc) is 3.59. The molecular weight excluding hydrogens is 685 g/mol. The second-order valence-corrected chi connectivity index (χ2v) is 16.8. The number of para-hydroxylation sites is 1. The van der Waals surface area contributed by atoms with Crippen molar-refractivity contribution in [3.63, 3.8) is 0 Å². The van der Waals surface area contributed by atoms with Crippen molar-refractivity contribution in [1.29, 1.82) is 0 Å². The highest BCUT2D eigenvalue weighted by Gasteiger charge is 2.24. The predicted molar refractivity (Wildman–Crippen MR) is 232 cm³/mol. The number of rotatable bonds is 5. The summed E-state index contributed by atoms with van der Waals surface area (Å²) in [6.07, 6.45) is 3.53. The van der Waals surface area contributed by atoms with E-state index >= 15 is 0 Å². The van der Waals surface area contributed by atoms with Crippen LogP contribution in [0.15, 0.2) is 152 Å². The molecule has 0 aliphatic rings. The van der Waals surface area contributed by atoms with Crippen molar-refractivity contribution in [2.24, 2.45) is 0 Å². The van der Waals surface area contributed by atoms with Crippen molar-refractivity contribution in [3.05, 3.63) is 163 Å². The molecule has 9 rings (SSSR count).